The lowest BCUT2D eigenvalue weighted by Crippen LogP contribution is -2.42. The molecule has 0 unspecified atom stereocenters. The molecule has 2 aromatic rings. The fourth-order valence-corrected chi connectivity index (χ4v) is 2.30. The maximum Gasteiger partial charge on any atom is 0.251 e. The lowest BCUT2D eigenvalue weighted by molar-refractivity contribution is -0.00492. The average molecular weight is 339 g/mol. The molecule has 0 spiro atoms. The lowest BCUT2D eigenvalue weighted by atomic mass is 10.2. The van der Waals surface area contributed by atoms with Gasteiger partial charge in [0.15, 0.2) is 0 Å². The summed E-state index contributed by atoms with van der Waals surface area (Å²) >= 11 is 3.31. The smallest absolute Gasteiger partial charge is 0.251 e. The molecule has 7 nitrogen and oxygen atoms in total. The first-order chi connectivity index (χ1) is 9.72. The highest BCUT2D eigenvalue weighted by atomic mass is 79.9. The number of ether oxygens (including phenoxy) is 1. The van der Waals surface area contributed by atoms with Gasteiger partial charge in [-0.2, -0.15) is 4.68 Å². The number of hydrogen-bond donors (Lipinski definition) is 0. The first-order valence-electron chi connectivity index (χ1n) is 6.43. The first kappa shape index (κ1) is 13.6. The minimum absolute atomic E-state index is 0.401. The van der Waals surface area contributed by atoms with Crippen molar-refractivity contribution in [3.63, 3.8) is 0 Å². The lowest BCUT2D eigenvalue weighted by Gasteiger charge is -2.32. The SMILES string of the molecule is C[C@@H]1COCCN1Cc1cn(-c2ncc(Br)cn2)nn1. The summed E-state index contributed by atoms with van der Waals surface area (Å²) in [6.45, 7) is 5.38. The third kappa shape index (κ3) is 3.02. The second-order valence-electron chi connectivity index (χ2n) is 4.75. The van der Waals surface area contributed by atoms with E-state index in [0.717, 1.165) is 36.5 Å². The van der Waals surface area contributed by atoms with E-state index in [2.05, 4.69) is 48.0 Å². The van der Waals surface area contributed by atoms with Crippen molar-refractivity contribution >= 4 is 15.9 Å². The Labute approximate surface area is 125 Å². The number of aromatic nitrogens is 5. The van der Waals surface area contributed by atoms with Crippen LogP contribution in [0.1, 0.15) is 12.6 Å². The summed E-state index contributed by atoms with van der Waals surface area (Å²) in [7, 11) is 0. The van der Waals surface area contributed by atoms with Gasteiger partial charge in [0.05, 0.1) is 29.6 Å². The molecule has 0 saturated carbocycles. The maximum atomic E-state index is 5.43. The van der Waals surface area contributed by atoms with E-state index < -0.39 is 0 Å². The molecule has 1 aliphatic heterocycles. The molecule has 1 fully saturated rings. The fraction of sp³-hybridized carbons (Fsp3) is 0.500. The van der Waals surface area contributed by atoms with Crippen LogP contribution in [0.3, 0.4) is 0 Å². The van der Waals surface area contributed by atoms with Crippen molar-refractivity contribution in [2.75, 3.05) is 19.8 Å². The van der Waals surface area contributed by atoms with Crippen LogP contribution in [0.4, 0.5) is 0 Å². The number of morpholine rings is 1. The van der Waals surface area contributed by atoms with Gasteiger partial charge in [-0.15, -0.1) is 5.10 Å². The van der Waals surface area contributed by atoms with E-state index in [1.165, 1.54) is 0 Å². The van der Waals surface area contributed by atoms with Gasteiger partial charge in [0.25, 0.3) is 5.95 Å². The van der Waals surface area contributed by atoms with E-state index in [0.29, 0.717) is 12.0 Å². The number of rotatable bonds is 3. The molecule has 8 heteroatoms. The molecule has 20 heavy (non-hydrogen) atoms. The molecule has 0 aliphatic carbocycles. The van der Waals surface area contributed by atoms with Crippen molar-refractivity contribution in [3.05, 3.63) is 28.8 Å². The fourth-order valence-electron chi connectivity index (χ4n) is 2.10. The van der Waals surface area contributed by atoms with Crippen molar-refractivity contribution in [2.45, 2.75) is 19.5 Å². The summed E-state index contributed by atoms with van der Waals surface area (Å²) in [5.41, 5.74) is 0.908. The van der Waals surface area contributed by atoms with Gasteiger partial charge < -0.3 is 4.74 Å². The van der Waals surface area contributed by atoms with Gasteiger partial charge in [-0.05, 0) is 22.9 Å². The second-order valence-corrected chi connectivity index (χ2v) is 5.67. The normalized spacial score (nSPS) is 20.2. The van der Waals surface area contributed by atoms with Crippen LogP contribution in [0.5, 0.6) is 0 Å². The Balaban J connectivity index is 1.71. The van der Waals surface area contributed by atoms with E-state index in [4.69, 9.17) is 4.74 Å². The number of hydrogen-bond acceptors (Lipinski definition) is 6. The monoisotopic (exact) mass is 338 g/mol. The topological polar surface area (TPSA) is 69.0 Å². The van der Waals surface area contributed by atoms with E-state index in [1.807, 2.05) is 6.20 Å². The molecule has 0 aromatic carbocycles. The van der Waals surface area contributed by atoms with Crippen LogP contribution < -0.4 is 0 Å². The van der Waals surface area contributed by atoms with Crippen LogP contribution in [0.2, 0.25) is 0 Å². The molecule has 106 valence electrons. The molecular weight excluding hydrogens is 324 g/mol. The van der Waals surface area contributed by atoms with Crippen molar-refractivity contribution < 1.29 is 4.74 Å². The Morgan fingerprint density at radius 3 is 2.95 bits per heavy atom. The first-order valence-corrected chi connectivity index (χ1v) is 7.22. The molecule has 3 rings (SSSR count). The van der Waals surface area contributed by atoms with Crippen LogP contribution in [0, 0.1) is 0 Å². The summed E-state index contributed by atoms with van der Waals surface area (Å²) in [4.78, 5) is 10.7. The minimum atomic E-state index is 0.401. The largest absolute Gasteiger partial charge is 0.379 e. The zero-order valence-electron chi connectivity index (χ0n) is 11.1. The van der Waals surface area contributed by atoms with Crippen LogP contribution in [0.15, 0.2) is 23.1 Å². The third-order valence-electron chi connectivity index (χ3n) is 3.22. The molecule has 1 atom stereocenters. The van der Waals surface area contributed by atoms with E-state index in [1.54, 1.807) is 17.1 Å². The Bertz CT molecular complexity index is 572. The molecule has 1 saturated heterocycles. The zero-order valence-corrected chi connectivity index (χ0v) is 12.7. The Hall–Kier alpha value is -1.38. The number of nitrogens with zero attached hydrogens (tertiary/aromatic N) is 6. The van der Waals surface area contributed by atoms with Crippen LogP contribution in [-0.2, 0) is 11.3 Å². The van der Waals surface area contributed by atoms with E-state index in [9.17, 15) is 0 Å². The highest BCUT2D eigenvalue weighted by Crippen LogP contribution is 2.11. The van der Waals surface area contributed by atoms with Crippen molar-refractivity contribution in [3.8, 4) is 5.95 Å². The van der Waals surface area contributed by atoms with Gasteiger partial charge in [0, 0.05) is 31.5 Å². The van der Waals surface area contributed by atoms with Crippen molar-refractivity contribution in [1.29, 1.82) is 0 Å². The zero-order chi connectivity index (χ0) is 13.9. The molecule has 0 radical (unpaired) electrons. The maximum absolute atomic E-state index is 5.43. The van der Waals surface area contributed by atoms with Crippen LogP contribution in [0.25, 0.3) is 5.95 Å². The molecule has 3 heterocycles. The summed E-state index contributed by atoms with van der Waals surface area (Å²) < 4.78 is 7.86. The predicted molar refractivity (Wildman–Crippen MR) is 75.3 cm³/mol. The highest BCUT2D eigenvalue weighted by Gasteiger charge is 2.20. The molecular formula is C12H15BrN6O. The molecule has 0 bridgehead atoms. The van der Waals surface area contributed by atoms with Gasteiger partial charge in [0.2, 0.25) is 0 Å². The van der Waals surface area contributed by atoms with Gasteiger partial charge in [-0.1, -0.05) is 5.21 Å². The van der Waals surface area contributed by atoms with E-state index in [-0.39, 0.29) is 0 Å². The standard InChI is InChI=1S/C12H15BrN6O/c1-9-8-20-3-2-18(9)6-11-7-19(17-16-11)12-14-4-10(13)5-15-12/h4-5,7,9H,2-3,6,8H2,1H3/t9-/m1/s1. The molecule has 0 N–H and O–H groups in total. The average Bonchev–Trinajstić information content (AvgIpc) is 2.91. The summed E-state index contributed by atoms with van der Waals surface area (Å²) in [6.07, 6.45) is 5.24. The minimum Gasteiger partial charge on any atom is -0.379 e. The van der Waals surface area contributed by atoms with Gasteiger partial charge in [-0.3, -0.25) is 4.90 Å². The van der Waals surface area contributed by atoms with Gasteiger partial charge >= 0.3 is 0 Å². The van der Waals surface area contributed by atoms with Gasteiger partial charge in [-0.25, -0.2) is 9.97 Å². The number of halogens is 1. The van der Waals surface area contributed by atoms with Crippen LogP contribution in [-0.4, -0.2) is 55.7 Å². The molecule has 1 aliphatic rings. The Morgan fingerprint density at radius 2 is 2.20 bits per heavy atom. The van der Waals surface area contributed by atoms with Crippen LogP contribution >= 0.6 is 15.9 Å². The van der Waals surface area contributed by atoms with Gasteiger partial charge in [0.1, 0.15) is 0 Å². The molecule has 0 amide bonds. The quantitative estimate of drug-likeness (QED) is 0.832. The summed E-state index contributed by atoms with van der Waals surface area (Å²) in [5.74, 6) is 0.516. The predicted octanol–water partition coefficient (Wildman–Crippen LogP) is 1.04. The van der Waals surface area contributed by atoms with Crippen molar-refractivity contribution in [2.24, 2.45) is 0 Å². The Kier molecular flexibility index (Phi) is 4.04. The van der Waals surface area contributed by atoms with Crippen molar-refractivity contribution in [1.82, 2.24) is 29.9 Å². The third-order valence-corrected chi connectivity index (χ3v) is 3.63. The molecule has 2 aromatic heterocycles. The second kappa shape index (κ2) is 5.94. The summed E-state index contributed by atoms with van der Waals surface area (Å²) in [5, 5.41) is 8.26. The highest BCUT2D eigenvalue weighted by molar-refractivity contribution is 9.10. The summed E-state index contributed by atoms with van der Waals surface area (Å²) in [6, 6.07) is 0.401. The Morgan fingerprint density at radius 1 is 1.40 bits per heavy atom. The van der Waals surface area contributed by atoms with E-state index >= 15 is 0 Å².